The van der Waals surface area contributed by atoms with Gasteiger partial charge < -0.3 is 14.4 Å². The number of carboxylic acid groups (broad SMARTS) is 1. The van der Waals surface area contributed by atoms with Crippen molar-refractivity contribution in [2.24, 2.45) is 0 Å². The zero-order valence-corrected chi connectivity index (χ0v) is 13.2. The number of aryl methyl sites for hydroxylation is 2. The molecule has 0 saturated heterocycles. The van der Waals surface area contributed by atoms with Gasteiger partial charge in [0.05, 0.1) is 12.3 Å². The lowest BCUT2D eigenvalue weighted by atomic mass is 10.1. The first-order valence-electron chi connectivity index (χ1n) is 7.47. The molecular weight excluding hydrogens is 346 g/mol. The highest BCUT2D eigenvalue weighted by atomic mass is 19.2. The highest BCUT2D eigenvalue weighted by molar-refractivity contribution is 5.88. The third-order valence-electron chi connectivity index (χ3n) is 3.43. The van der Waals surface area contributed by atoms with Crippen LogP contribution in [0.15, 0.2) is 10.6 Å². The first kappa shape index (κ1) is 18.8. The van der Waals surface area contributed by atoms with E-state index in [2.05, 4.69) is 5.16 Å². The smallest absolute Gasteiger partial charge is 0.341 e. The number of carboxylic acids is 1. The summed E-state index contributed by atoms with van der Waals surface area (Å²) in [5.41, 5.74) is -0.928. The van der Waals surface area contributed by atoms with Crippen LogP contribution in [0.5, 0.6) is 5.75 Å². The Bertz CT molecular complexity index is 747. The molecule has 0 radical (unpaired) electrons. The van der Waals surface area contributed by atoms with Crippen molar-refractivity contribution in [1.82, 2.24) is 5.16 Å². The van der Waals surface area contributed by atoms with E-state index in [0.29, 0.717) is 31.4 Å². The molecule has 0 bridgehead atoms. The summed E-state index contributed by atoms with van der Waals surface area (Å²) < 4.78 is 64.2. The van der Waals surface area contributed by atoms with Crippen LogP contribution >= 0.6 is 0 Å². The van der Waals surface area contributed by atoms with Crippen molar-refractivity contribution < 1.29 is 36.7 Å². The Kier molecular flexibility index (Phi) is 6.00. The predicted octanol–water partition coefficient (Wildman–Crippen LogP) is 4.03. The molecule has 0 unspecified atom stereocenters. The summed E-state index contributed by atoms with van der Waals surface area (Å²) in [6, 6.07) is 1.79. The average molecular weight is 361 g/mol. The number of hydrogen-bond acceptors (Lipinski definition) is 4. The molecule has 0 atom stereocenters. The lowest BCUT2D eigenvalue weighted by Crippen LogP contribution is -2.12. The number of unbranched alkanes of at least 4 members (excludes halogenated alkanes) is 2. The van der Waals surface area contributed by atoms with Crippen LogP contribution in [0.2, 0.25) is 0 Å². The lowest BCUT2D eigenvalue weighted by molar-refractivity contribution is 0.0682. The largest absolute Gasteiger partial charge is 0.487 e. The summed E-state index contributed by atoms with van der Waals surface area (Å²) in [6.45, 7) is 1.60. The van der Waals surface area contributed by atoms with Crippen LogP contribution in [0.25, 0.3) is 0 Å². The summed E-state index contributed by atoms with van der Waals surface area (Å²) in [5, 5.41) is 12.3. The van der Waals surface area contributed by atoms with Gasteiger partial charge in [0.15, 0.2) is 17.4 Å². The molecule has 0 aliphatic heterocycles. The van der Waals surface area contributed by atoms with E-state index in [1.54, 1.807) is 13.0 Å². The lowest BCUT2D eigenvalue weighted by Gasteiger charge is -2.11. The van der Waals surface area contributed by atoms with Crippen LogP contribution in [0.4, 0.5) is 17.6 Å². The van der Waals surface area contributed by atoms with Crippen molar-refractivity contribution in [3.05, 3.63) is 46.4 Å². The van der Waals surface area contributed by atoms with Gasteiger partial charge in [-0.25, -0.2) is 13.6 Å². The third-order valence-corrected chi connectivity index (χ3v) is 3.43. The van der Waals surface area contributed by atoms with Crippen LogP contribution in [0.1, 0.15) is 41.1 Å². The van der Waals surface area contributed by atoms with Gasteiger partial charge in [0.2, 0.25) is 11.6 Å². The highest BCUT2D eigenvalue weighted by Gasteiger charge is 2.30. The Balaban J connectivity index is 1.89. The van der Waals surface area contributed by atoms with Gasteiger partial charge in [0.25, 0.3) is 0 Å². The normalized spacial score (nSPS) is 10.9. The average Bonchev–Trinajstić information content (AvgIpc) is 2.97. The molecule has 0 spiro atoms. The minimum atomic E-state index is -2.11. The van der Waals surface area contributed by atoms with Crippen LogP contribution in [0, 0.1) is 30.2 Å². The van der Waals surface area contributed by atoms with Gasteiger partial charge in [-0.05, 0) is 26.2 Å². The maximum Gasteiger partial charge on any atom is 0.341 e. The van der Waals surface area contributed by atoms with Crippen LogP contribution < -0.4 is 4.74 Å². The number of aromatic carboxylic acids is 1. The van der Waals surface area contributed by atoms with Crippen molar-refractivity contribution >= 4 is 5.97 Å². The molecule has 1 N–H and O–H groups in total. The Morgan fingerprint density at radius 1 is 1.12 bits per heavy atom. The van der Waals surface area contributed by atoms with Crippen LogP contribution in [-0.2, 0) is 6.42 Å². The zero-order valence-electron chi connectivity index (χ0n) is 13.2. The van der Waals surface area contributed by atoms with Crippen molar-refractivity contribution in [2.45, 2.75) is 32.6 Å². The van der Waals surface area contributed by atoms with Crippen LogP contribution in [-0.4, -0.2) is 22.8 Å². The fourth-order valence-electron chi connectivity index (χ4n) is 2.21. The second kappa shape index (κ2) is 8.00. The number of halogens is 4. The van der Waals surface area contributed by atoms with Gasteiger partial charge in [-0.15, -0.1) is 0 Å². The van der Waals surface area contributed by atoms with Crippen molar-refractivity contribution in [2.75, 3.05) is 6.61 Å². The number of rotatable bonds is 8. The quantitative estimate of drug-likeness (QED) is 0.437. The summed E-state index contributed by atoms with van der Waals surface area (Å²) in [6.07, 6.45) is 2.31. The first-order chi connectivity index (χ1) is 11.8. The Labute approximate surface area is 140 Å². The van der Waals surface area contributed by atoms with Crippen LogP contribution in [0.3, 0.4) is 0 Å². The van der Waals surface area contributed by atoms with E-state index in [1.165, 1.54) is 0 Å². The molecule has 1 aromatic carbocycles. The summed E-state index contributed by atoms with van der Waals surface area (Å²) in [4.78, 5) is 10.6. The number of hydrogen-bond donors (Lipinski definition) is 1. The molecule has 0 saturated carbocycles. The Morgan fingerprint density at radius 3 is 2.28 bits per heavy atom. The Morgan fingerprint density at radius 2 is 1.76 bits per heavy atom. The Hall–Kier alpha value is -2.58. The number of ether oxygens (including phenoxy) is 1. The fraction of sp³-hybridized carbons (Fsp3) is 0.375. The van der Waals surface area contributed by atoms with E-state index in [-0.39, 0.29) is 6.61 Å². The van der Waals surface area contributed by atoms with Gasteiger partial charge >= 0.3 is 5.97 Å². The second-order valence-corrected chi connectivity index (χ2v) is 5.36. The maximum atomic E-state index is 13.7. The fourth-order valence-corrected chi connectivity index (χ4v) is 2.21. The molecule has 0 aliphatic carbocycles. The number of nitrogens with zero attached hydrogens (tertiary/aromatic N) is 1. The standard InChI is InChI=1S/C16H15F4NO4/c1-8-7-9(25-21-8)5-3-2-4-6-24-15-13(19)11(17)10(16(22)23)12(18)14(15)20/h7H,2-6H2,1H3,(H,22,23). The maximum absolute atomic E-state index is 13.7. The molecule has 2 rings (SSSR count). The molecule has 0 fully saturated rings. The van der Waals surface area contributed by atoms with E-state index >= 15 is 0 Å². The predicted molar refractivity (Wildman–Crippen MR) is 77.5 cm³/mol. The molecule has 2 aromatic rings. The topological polar surface area (TPSA) is 72.6 Å². The molecule has 1 aromatic heterocycles. The number of benzene rings is 1. The molecule has 5 nitrogen and oxygen atoms in total. The molecule has 136 valence electrons. The molecule has 9 heteroatoms. The van der Waals surface area contributed by atoms with E-state index in [0.717, 1.165) is 5.69 Å². The van der Waals surface area contributed by atoms with Gasteiger partial charge in [-0.2, -0.15) is 8.78 Å². The first-order valence-corrected chi connectivity index (χ1v) is 7.47. The monoisotopic (exact) mass is 361 g/mol. The van der Waals surface area contributed by atoms with Gasteiger partial charge in [0, 0.05) is 12.5 Å². The van der Waals surface area contributed by atoms with E-state index in [9.17, 15) is 22.4 Å². The summed E-state index contributed by atoms with van der Waals surface area (Å²) in [7, 11) is 0. The molecule has 1 heterocycles. The van der Waals surface area contributed by atoms with Gasteiger partial charge in [0.1, 0.15) is 11.3 Å². The second-order valence-electron chi connectivity index (χ2n) is 5.36. The summed E-state index contributed by atoms with van der Waals surface area (Å²) >= 11 is 0. The molecular formula is C16H15F4NO4. The number of carbonyl (C=O) groups is 1. The molecule has 0 aliphatic rings. The molecule has 0 amide bonds. The highest BCUT2D eigenvalue weighted by Crippen LogP contribution is 2.30. The van der Waals surface area contributed by atoms with Gasteiger partial charge in [-0.3, -0.25) is 0 Å². The number of aromatic nitrogens is 1. The minimum Gasteiger partial charge on any atom is -0.487 e. The van der Waals surface area contributed by atoms with E-state index < -0.39 is 40.6 Å². The zero-order chi connectivity index (χ0) is 18.6. The van der Waals surface area contributed by atoms with E-state index in [1.807, 2.05) is 0 Å². The minimum absolute atomic E-state index is 0.186. The van der Waals surface area contributed by atoms with Gasteiger partial charge in [-0.1, -0.05) is 5.16 Å². The summed E-state index contributed by atoms with van der Waals surface area (Å²) in [5.74, 6) is -10.4. The van der Waals surface area contributed by atoms with Crippen molar-refractivity contribution in [3.8, 4) is 5.75 Å². The SMILES string of the molecule is Cc1cc(CCCCCOc2c(F)c(F)c(C(=O)O)c(F)c2F)on1. The van der Waals surface area contributed by atoms with E-state index in [4.69, 9.17) is 14.4 Å². The van der Waals surface area contributed by atoms with Crippen molar-refractivity contribution in [3.63, 3.8) is 0 Å². The third kappa shape index (κ3) is 4.28. The van der Waals surface area contributed by atoms with Crippen molar-refractivity contribution in [1.29, 1.82) is 0 Å². The molecule has 25 heavy (non-hydrogen) atoms.